The van der Waals surface area contributed by atoms with Gasteiger partial charge in [0.25, 0.3) is 0 Å². The molecule has 3 N–H and O–H groups in total. The van der Waals surface area contributed by atoms with Gasteiger partial charge in [-0.3, -0.25) is 4.79 Å². The zero-order valence-electron chi connectivity index (χ0n) is 15.6. The van der Waals surface area contributed by atoms with Crippen LogP contribution in [0, 0.1) is 11.6 Å². The summed E-state index contributed by atoms with van der Waals surface area (Å²) in [5.41, 5.74) is 5.80. The van der Waals surface area contributed by atoms with Crippen LogP contribution in [0.25, 0.3) is 16.6 Å². The van der Waals surface area contributed by atoms with Crippen LogP contribution < -0.4 is 16.1 Å². The highest BCUT2D eigenvalue weighted by Crippen LogP contribution is 2.31. The lowest BCUT2D eigenvalue weighted by Crippen LogP contribution is -2.30. The Labute approximate surface area is 164 Å². The van der Waals surface area contributed by atoms with Crippen molar-refractivity contribution in [1.82, 2.24) is 4.57 Å². The molecular formula is C21H19F2N3O3. The second kappa shape index (κ2) is 6.97. The Morgan fingerprint density at radius 2 is 1.90 bits per heavy atom. The van der Waals surface area contributed by atoms with Crippen LogP contribution in [0.1, 0.15) is 23.7 Å². The van der Waals surface area contributed by atoms with E-state index in [2.05, 4.69) is 0 Å². The zero-order valence-corrected chi connectivity index (χ0v) is 15.6. The van der Waals surface area contributed by atoms with Crippen molar-refractivity contribution in [3.63, 3.8) is 0 Å². The monoisotopic (exact) mass is 399 g/mol. The van der Waals surface area contributed by atoms with Crippen molar-refractivity contribution in [2.75, 3.05) is 11.4 Å². The minimum absolute atomic E-state index is 0.0150. The number of hydrogen-bond donors (Lipinski definition) is 2. The summed E-state index contributed by atoms with van der Waals surface area (Å²) in [6, 6.07) is 7.89. The number of aromatic nitrogens is 1. The number of benzene rings is 2. The molecule has 0 aliphatic carbocycles. The van der Waals surface area contributed by atoms with Gasteiger partial charge in [0, 0.05) is 35.9 Å². The quantitative estimate of drug-likeness (QED) is 0.707. The van der Waals surface area contributed by atoms with E-state index in [1.54, 1.807) is 0 Å². The Balaban J connectivity index is 2.02. The molecule has 2 unspecified atom stereocenters. The number of carboxylic acids is 1. The third kappa shape index (κ3) is 3.25. The first kappa shape index (κ1) is 19.1. The molecule has 1 aliphatic heterocycles. The number of anilines is 1. The molecule has 2 aromatic carbocycles. The number of carbonyl (C=O) groups is 1. The molecule has 2 heterocycles. The fourth-order valence-electron chi connectivity index (χ4n) is 3.93. The minimum Gasteiger partial charge on any atom is -0.477 e. The van der Waals surface area contributed by atoms with Crippen molar-refractivity contribution >= 4 is 22.6 Å². The van der Waals surface area contributed by atoms with Crippen molar-refractivity contribution in [3.05, 3.63) is 70.0 Å². The van der Waals surface area contributed by atoms with Crippen LogP contribution in [-0.4, -0.2) is 34.3 Å². The van der Waals surface area contributed by atoms with Gasteiger partial charge in [0.1, 0.15) is 17.2 Å². The van der Waals surface area contributed by atoms with Crippen molar-refractivity contribution < 1.29 is 18.7 Å². The van der Waals surface area contributed by atoms with Crippen LogP contribution in [0.4, 0.5) is 14.5 Å². The maximum Gasteiger partial charge on any atom is 0.341 e. The lowest BCUT2D eigenvalue weighted by Gasteiger charge is -2.25. The first-order valence-electron chi connectivity index (χ1n) is 9.16. The van der Waals surface area contributed by atoms with E-state index in [1.807, 2.05) is 11.8 Å². The molecule has 0 spiro atoms. The number of fused-ring (bicyclic) bond motifs is 1. The lowest BCUT2D eigenvalue weighted by atomic mass is 10.1. The second-order valence-electron chi connectivity index (χ2n) is 7.34. The Hall–Kier alpha value is -3.26. The lowest BCUT2D eigenvalue weighted by molar-refractivity contribution is 0.0695. The SMILES string of the molecule is CC1CC(N)CN1c1cc2c(cc1F)c(=O)c(C(=O)O)cn2-c1ccc(F)cc1. The number of hydrogen-bond acceptors (Lipinski definition) is 4. The van der Waals surface area contributed by atoms with Crippen LogP contribution in [0.15, 0.2) is 47.4 Å². The Bertz CT molecular complexity index is 1170. The average Bonchev–Trinajstić information content (AvgIpc) is 3.00. The van der Waals surface area contributed by atoms with E-state index in [0.717, 1.165) is 6.07 Å². The van der Waals surface area contributed by atoms with Gasteiger partial charge >= 0.3 is 5.97 Å². The number of carboxylic acid groups (broad SMARTS) is 1. The molecule has 8 heteroatoms. The normalized spacial score (nSPS) is 19.1. The van der Waals surface area contributed by atoms with E-state index in [0.29, 0.717) is 24.2 Å². The molecule has 29 heavy (non-hydrogen) atoms. The van der Waals surface area contributed by atoms with Crippen molar-refractivity contribution in [3.8, 4) is 5.69 Å². The Morgan fingerprint density at radius 3 is 2.48 bits per heavy atom. The van der Waals surface area contributed by atoms with Gasteiger partial charge in [-0.1, -0.05) is 0 Å². The molecule has 150 valence electrons. The van der Waals surface area contributed by atoms with E-state index in [1.165, 1.54) is 41.1 Å². The summed E-state index contributed by atoms with van der Waals surface area (Å²) in [4.78, 5) is 26.0. The van der Waals surface area contributed by atoms with E-state index in [9.17, 15) is 23.5 Å². The van der Waals surface area contributed by atoms with Crippen LogP contribution in [0.3, 0.4) is 0 Å². The van der Waals surface area contributed by atoms with Crippen LogP contribution in [-0.2, 0) is 0 Å². The third-order valence-electron chi connectivity index (χ3n) is 5.32. The molecule has 1 fully saturated rings. The summed E-state index contributed by atoms with van der Waals surface area (Å²) in [6.45, 7) is 2.41. The van der Waals surface area contributed by atoms with Gasteiger partial charge in [0.2, 0.25) is 5.43 Å². The molecule has 0 amide bonds. The average molecular weight is 399 g/mol. The summed E-state index contributed by atoms with van der Waals surface area (Å²) in [7, 11) is 0. The molecule has 3 aromatic rings. The highest BCUT2D eigenvalue weighted by Gasteiger charge is 2.29. The van der Waals surface area contributed by atoms with Crippen molar-refractivity contribution in [1.29, 1.82) is 0 Å². The highest BCUT2D eigenvalue weighted by molar-refractivity contribution is 5.94. The molecule has 0 saturated carbocycles. The third-order valence-corrected chi connectivity index (χ3v) is 5.32. The summed E-state index contributed by atoms with van der Waals surface area (Å²) in [6.07, 6.45) is 1.89. The summed E-state index contributed by atoms with van der Waals surface area (Å²) >= 11 is 0. The van der Waals surface area contributed by atoms with Crippen LogP contribution in [0.5, 0.6) is 0 Å². The maximum absolute atomic E-state index is 14.9. The van der Waals surface area contributed by atoms with E-state index >= 15 is 0 Å². The fourth-order valence-corrected chi connectivity index (χ4v) is 3.93. The van der Waals surface area contributed by atoms with Crippen LogP contribution >= 0.6 is 0 Å². The molecule has 1 aliphatic rings. The van der Waals surface area contributed by atoms with E-state index < -0.39 is 28.6 Å². The molecule has 4 rings (SSSR count). The van der Waals surface area contributed by atoms with Gasteiger partial charge in [-0.05, 0) is 49.7 Å². The van der Waals surface area contributed by atoms with E-state index in [4.69, 9.17) is 5.73 Å². The first-order chi connectivity index (χ1) is 13.8. The number of pyridine rings is 1. The molecule has 2 atom stereocenters. The van der Waals surface area contributed by atoms with Gasteiger partial charge < -0.3 is 20.3 Å². The smallest absolute Gasteiger partial charge is 0.341 e. The highest BCUT2D eigenvalue weighted by atomic mass is 19.1. The number of nitrogens with zero attached hydrogens (tertiary/aromatic N) is 2. The predicted octanol–water partition coefficient (Wildman–Crippen LogP) is 2.89. The number of rotatable bonds is 3. The molecular weight excluding hydrogens is 380 g/mol. The fraction of sp³-hybridized carbons (Fsp3) is 0.238. The van der Waals surface area contributed by atoms with Crippen molar-refractivity contribution in [2.24, 2.45) is 5.73 Å². The zero-order chi connectivity index (χ0) is 20.9. The predicted molar refractivity (Wildman–Crippen MR) is 106 cm³/mol. The molecule has 1 aromatic heterocycles. The number of nitrogens with two attached hydrogens (primary N) is 1. The molecule has 6 nitrogen and oxygen atoms in total. The number of halogens is 2. The molecule has 1 saturated heterocycles. The molecule has 0 radical (unpaired) electrons. The summed E-state index contributed by atoms with van der Waals surface area (Å²) in [5, 5.41) is 9.35. The summed E-state index contributed by atoms with van der Waals surface area (Å²) in [5.74, 6) is -2.50. The maximum atomic E-state index is 14.9. The van der Waals surface area contributed by atoms with Gasteiger partial charge in [-0.2, -0.15) is 0 Å². The second-order valence-corrected chi connectivity index (χ2v) is 7.34. The van der Waals surface area contributed by atoms with Gasteiger partial charge in [0.05, 0.1) is 11.2 Å². The van der Waals surface area contributed by atoms with Gasteiger partial charge in [-0.15, -0.1) is 0 Å². The molecule has 0 bridgehead atoms. The standard InChI is InChI=1S/C21H19F2N3O3/c1-11-6-13(24)9-25(11)19-8-18-15(7-17(19)23)20(27)16(21(28)29)10-26(18)14-4-2-12(22)3-5-14/h2-5,7-8,10-11,13H,6,9,24H2,1H3,(H,28,29). The summed E-state index contributed by atoms with van der Waals surface area (Å²) < 4.78 is 29.8. The topological polar surface area (TPSA) is 88.6 Å². The minimum atomic E-state index is -1.42. The first-order valence-corrected chi connectivity index (χ1v) is 9.16. The van der Waals surface area contributed by atoms with E-state index in [-0.39, 0.29) is 23.2 Å². The number of aromatic carboxylic acids is 1. The Kier molecular flexibility index (Phi) is 4.58. The van der Waals surface area contributed by atoms with Gasteiger partial charge in [0.15, 0.2) is 0 Å². The van der Waals surface area contributed by atoms with Gasteiger partial charge in [-0.25, -0.2) is 13.6 Å². The Morgan fingerprint density at radius 1 is 1.21 bits per heavy atom. The van der Waals surface area contributed by atoms with Crippen molar-refractivity contribution in [2.45, 2.75) is 25.4 Å². The van der Waals surface area contributed by atoms with Crippen LogP contribution in [0.2, 0.25) is 0 Å². The largest absolute Gasteiger partial charge is 0.477 e.